The fourth-order valence-electron chi connectivity index (χ4n) is 1.33. The fourth-order valence-corrected chi connectivity index (χ4v) is 1.73. The third-order valence-electron chi connectivity index (χ3n) is 2.16. The second kappa shape index (κ2) is 4.97. The van der Waals surface area contributed by atoms with Crippen LogP contribution in [0.25, 0.3) is 0 Å². The first-order valence-corrected chi connectivity index (χ1v) is 5.73. The Balaban J connectivity index is 2.20. The summed E-state index contributed by atoms with van der Waals surface area (Å²) < 4.78 is 0.846. The monoisotopic (exact) mass is 291 g/mol. The van der Waals surface area contributed by atoms with Gasteiger partial charge in [0.1, 0.15) is 0 Å². The lowest BCUT2D eigenvalue weighted by atomic mass is 10.2. The van der Waals surface area contributed by atoms with E-state index in [2.05, 4.69) is 26.2 Å². The van der Waals surface area contributed by atoms with Gasteiger partial charge in [0.25, 0.3) is 5.91 Å². The third-order valence-corrected chi connectivity index (χ3v) is 2.65. The second-order valence-electron chi connectivity index (χ2n) is 3.41. The Hall–Kier alpha value is -1.88. The summed E-state index contributed by atoms with van der Waals surface area (Å²) in [6, 6.07) is 10.5. The molecule has 0 atom stereocenters. The number of carbonyl (C=O) groups is 1. The quantitative estimate of drug-likeness (QED) is 0.894. The molecule has 1 aromatic carbocycles. The molecule has 86 valence electrons. The van der Waals surface area contributed by atoms with Crippen molar-refractivity contribution in [3.8, 4) is 0 Å². The normalized spacial score (nSPS) is 9.94. The topological polar surface area (TPSA) is 68.0 Å². The molecule has 0 bridgehead atoms. The molecule has 0 aliphatic carbocycles. The summed E-state index contributed by atoms with van der Waals surface area (Å²) in [6.45, 7) is 0. The number of aromatic nitrogens is 1. The summed E-state index contributed by atoms with van der Waals surface area (Å²) in [4.78, 5) is 15.9. The highest BCUT2D eigenvalue weighted by Crippen LogP contribution is 2.16. The molecule has 1 aromatic heterocycles. The van der Waals surface area contributed by atoms with E-state index in [9.17, 15) is 4.79 Å². The molecule has 5 heteroatoms. The lowest BCUT2D eigenvalue weighted by Gasteiger charge is -2.06. The number of hydrogen-bond acceptors (Lipinski definition) is 3. The van der Waals surface area contributed by atoms with Crippen molar-refractivity contribution in [2.24, 2.45) is 0 Å². The summed E-state index contributed by atoms with van der Waals surface area (Å²) in [6.07, 6.45) is 1.58. The minimum Gasteiger partial charge on any atom is -0.396 e. The van der Waals surface area contributed by atoms with Crippen LogP contribution in [0, 0.1) is 0 Å². The zero-order valence-electron chi connectivity index (χ0n) is 8.85. The number of benzene rings is 1. The van der Waals surface area contributed by atoms with Gasteiger partial charge in [0, 0.05) is 16.2 Å². The molecule has 0 radical (unpaired) electrons. The van der Waals surface area contributed by atoms with E-state index in [0.717, 1.165) is 4.47 Å². The van der Waals surface area contributed by atoms with Crippen molar-refractivity contribution in [2.45, 2.75) is 0 Å². The highest BCUT2D eigenvalue weighted by atomic mass is 79.9. The van der Waals surface area contributed by atoms with Crippen LogP contribution in [0.2, 0.25) is 0 Å². The van der Waals surface area contributed by atoms with Gasteiger partial charge >= 0.3 is 0 Å². The number of nitrogen functional groups attached to an aromatic ring is 1. The number of pyridine rings is 1. The minimum atomic E-state index is -0.239. The van der Waals surface area contributed by atoms with Gasteiger partial charge in [-0.1, -0.05) is 22.0 Å². The van der Waals surface area contributed by atoms with Gasteiger partial charge in [-0.05, 0) is 30.3 Å². The summed E-state index contributed by atoms with van der Waals surface area (Å²) in [5.41, 5.74) is 6.68. The lowest BCUT2D eigenvalue weighted by molar-refractivity contribution is 0.102. The van der Waals surface area contributed by atoms with Crippen molar-refractivity contribution in [2.75, 3.05) is 11.1 Å². The van der Waals surface area contributed by atoms with Crippen LogP contribution < -0.4 is 11.1 Å². The van der Waals surface area contributed by atoms with Gasteiger partial charge in [-0.3, -0.25) is 4.79 Å². The highest BCUT2D eigenvalue weighted by Gasteiger charge is 2.08. The van der Waals surface area contributed by atoms with Crippen LogP contribution >= 0.6 is 15.9 Å². The van der Waals surface area contributed by atoms with E-state index in [1.165, 1.54) is 0 Å². The average Bonchev–Trinajstić information content (AvgIpc) is 2.32. The Morgan fingerprint density at radius 1 is 1.29 bits per heavy atom. The molecule has 0 saturated carbocycles. The molecule has 1 amide bonds. The number of nitrogens with zero attached hydrogens (tertiary/aromatic N) is 1. The van der Waals surface area contributed by atoms with Crippen LogP contribution in [0.5, 0.6) is 0 Å². The van der Waals surface area contributed by atoms with E-state index in [1.807, 2.05) is 6.07 Å². The van der Waals surface area contributed by atoms with Crippen molar-refractivity contribution in [1.29, 1.82) is 0 Å². The number of nitrogens with one attached hydrogen (secondary N) is 1. The Morgan fingerprint density at radius 2 is 2.12 bits per heavy atom. The third kappa shape index (κ3) is 2.82. The Kier molecular flexibility index (Phi) is 3.39. The maximum atomic E-state index is 11.9. The van der Waals surface area contributed by atoms with Crippen LogP contribution in [0.3, 0.4) is 0 Å². The van der Waals surface area contributed by atoms with Crippen molar-refractivity contribution >= 4 is 33.3 Å². The van der Waals surface area contributed by atoms with Gasteiger partial charge in [-0.25, -0.2) is 4.98 Å². The zero-order chi connectivity index (χ0) is 12.3. The molecule has 1 heterocycles. The number of rotatable bonds is 2. The largest absolute Gasteiger partial charge is 0.396 e. The predicted octanol–water partition coefficient (Wildman–Crippen LogP) is 2.68. The summed E-state index contributed by atoms with van der Waals surface area (Å²) in [7, 11) is 0. The van der Waals surface area contributed by atoms with E-state index < -0.39 is 0 Å². The zero-order valence-corrected chi connectivity index (χ0v) is 10.4. The summed E-state index contributed by atoms with van der Waals surface area (Å²) in [5.74, 6) is 0.133. The molecular formula is C12H10BrN3O. The first-order valence-electron chi connectivity index (χ1n) is 4.94. The molecule has 0 saturated heterocycles. The fraction of sp³-hybridized carbons (Fsp3) is 0. The molecule has 17 heavy (non-hydrogen) atoms. The highest BCUT2D eigenvalue weighted by molar-refractivity contribution is 9.10. The molecule has 0 unspecified atom stereocenters. The van der Waals surface area contributed by atoms with Gasteiger partial charge in [0.05, 0.1) is 5.69 Å². The Morgan fingerprint density at radius 3 is 2.82 bits per heavy atom. The summed E-state index contributed by atoms with van der Waals surface area (Å²) >= 11 is 3.31. The van der Waals surface area contributed by atoms with Gasteiger partial charge in [-0.2, -0.15) is 0 Å². The average molecular weight is 292 g/mol. The number of halogens is 1. The number of anilines is 2. The van der Waals surface area contributed by atoms with E-state index in [4.69, 9.17) is 5.73 Å². The smallest absolute Gasteiger partial charge is 0.256 e. The van der Waals surface area contributed by atoms with E-state index in [1.54, 1.807) is 36.5 Å². The van der Waals surface area contributed by atoms with Crippen molar-refractivity contribution in [1.82, 2.24) is 4.98 Å². The molecule has 0 aliphatic heterocycles. The minimum absolute atomic E-state index is 0.239. The van der Waals surface area contributed by atoms with Crippen LogP contribution in [0.1, 0.15) is 10.4 Å². The van der Waals surface area contributed by atoms with Gasteiger partial charge < -0.3 is 11.1 Å². The van der Waals surface area contributed by atoms with Gasteiger partial charge in [-0.15, -0.1) is 0 Å². The SMILES string of the molecule is Nc1cccnc1NC(=O)c1cccc(Br)c1. The molecule has 0 spiro atoms. The first-order chi connectivity index (χ1) is 8.16. The molecule has 0 aliphatic rings. The van der Waals surface area contributed by atoms with Crippen molar-refractivity contribution in [3.05, 3.63) is 52.6 Å². The first kappa shape index (κ1) is 11.6. The number of amides is 1. The molecule has 2 rings (SSSR count). The Labute approximate surface area is 107 Å². The predicted molar refractivity (Wildman–Crippen MR) is 70.7 cm³/mol. The van der Waals surface area contributed by atoms with E-state index in [0.29, 0.717) is 17.1 Å². The molecule has 3 N–H and O–H groups in total. The van der Waals surface area contributed by atoms with Crippen LogP contribution in [-0.4, -0.2) is 10.9 Å². The number of hydrogen-bond donors (Lipinski definition) is 2. The number of nitrogens with two attached hydrogens (primary N) is 1. The van der Waals surface area contributed by atoms with Crippen molar-refractivity contribution in [3.63, 3.8) is 0 Å². The van der Waals surface area contributed by atoms with Crippen LogP contribution in [0.4, 0.5) is 11.5 Å². The summed E-state index contributed by atoms with van der Waals surface area (Å²) in [5, 5.41) is 2.66. The maximum Gasteiger partial charge on any atom is 0.256 e. The Bertz CT molecular complexity index is 557. The standard InChI is InChI=1S/C12H10BrN3O/c13-9-4-1-3-8(7-9)12(17)16-11-10(14)5-2-6-15-11/h1-7H,14H2,(H,15,16,17). The van der Waals surface area contributed by atoms with E-state index in [-0.39, 0.29) is 5.91 Å². The second-order valence-corrected chi connectivity index (χ2v) is 4.32. The van der Waals surface area contributed by atoms with Crippen molar-refractivity contribution < 1.29 is 4.79 Å². The van der Waals surface area contributed by atoms with Crippen LogP contribution in [0.15, 0.2) is 47.1 Å². The number of carbonyl (C=O) groups excluding carboxylic acids is 1. The lowest BCUT2D eigenvalue weighted by Crippen LogP contribution is -2.14. The van der Waals surface area contributed by atoms with E-state index >= 15 is 0 Å². The molecule has 4 nitrogen and oxygen atoms in total. The molecular weight excluding hydrogens is 282 g/mol. The molecule has 2 aromatic rings. The maximum absolute atomic E-state index is 11.9. The van der Waals surface area contributed by atoms with Gasteiger partial charge in [0.2, 0.25) is 0 Å². The van der Waals surface area contributed by atoms with Crippen LogP contribution in [-0.2, 0) is 0 Å². The molecule has 0 fully saturated rings. The van der Waals surface area contributed by atoms with Gasteiger partial charge in [0.15, 0.2) is 5.82 Å².